The third-order valence-corrected chi connectivity index (χ3v) is 4.16. The molecule has 0 amide bonds. The minimum Gasteiger partial charge on any atom is -0.481 e. The standard InChI is InChI=1S/C13H24N2O2/c1-10(2)15-11-3-4-12(15)9-14(7-5-11)8-6-13(16)17/h10-12H,3-9H2,1-2H3,(H,16,17). The van der Waals surface area contributed by atoms with Crippen LogP contribution in [0.25, 0.3) is 0 Å². The van der Waals surface area contributed by atoms with E-state index in [1.54, 1.807) is 0 Å². The van der Waals surface area contributed by atoms with Crippen molar-refractivity contribution >= 4 is 5.97 Å². The monoisotopic (exact) mass is 240 g/mol. The molecule has 2 aliphatic rings. The number of carboxylic acid groups (broad SMARTS) is 1. The fourth-order valence-corrected chi connectivity index (χ4v) is 3.48. The summed E-state index contributed by atoms with van der Waals surface area (Å²) in [6.45, 7) is 7.39. The van der Waals surface area contributed by atoms with Gasteiger partial charge in [0.25, 0.3) is 0 Å². The number of carboxylic acids is 1. The second-order valence-electron chi connectivity index (χ2n) is 5.66. The number of nitrogens with zero attached hydrogens (tertiary/aromatic N) is 2. The van der Waals surface area contributed by atoms with Gasteiger partial charge in [-0.25, -0.2) is 0 Å². The van der Waals surface area contributed by atoms with Crippen molar-refractivity contribution in [2.24, 2.45) is 0 Å². The molecule has 0 aromatic rings. The van der Waals surface area contributed by atoms with Crippen molar-refractivity contribution in [2.75, 3.05) is 19.6 Å². The molecule has 0 saturated carbocycles. The molecule has 2 bridgehead atoms. The Bertz CT molecular complexity index is 281. The van der Waals surface area contributed by atoms with Gasteiger partial charge in [-0.1, -0.05) is 0 Å². The zero-order chi connectivity index (χ0) is 12.4. The summed E-state index contributed by atoms with van der Waals surface area (Å²) in [6.07, 6.45) is 4.09. The fourth-order valence-electron chi connectivity index (χ4n) is 3.48. The molecule has 2 unspecified atom stereocenters. The van der Waals surface area contributed by atoms with Crippen LogP contribution in [0.5, 0.6) is 0 Å². The summed E-state index contributed by atoms with van der Waals surface area (Å²) >= 11 is 0. The van der Waals surface area contributed by atoms with Gasteiger partial charge < -0.3 is 10.0 Å². The molecule has 2 atom stereocenters. The zero-order valence-electron chi connectivity index (χ0n) is 10.9. The smallest absolute Gasteiger partial charge is 0.304 e. The van der Waals surface area contributed by atoms with Crippen LogP contribution >= 0.6 is 0 Å². The molecule has 2 aliphatic heterocycles. The second kappa shape index (κ2) is 5.36. The van der Waals surface area contributed by atoms with Gasteiger partial charge in [0.1, 0.15) is 0 Å². The average Bonchev–Trinajstić information content (AvgIpc) is 2.52. The Balaban J connectivity index is 1.93. The number of rotatable bonds is 4. The van der Waals surface area contributed by atoms with Crippen LogP contribution in [0.3, 0.4) is 0 Å². The molecular weight excluding hydrogens is 216 g/mol. The lowest BCUT2D eigenvalue weighted by atomic mass is 10.1. The maximum Gasteiger partial charge on any atom is 0.304 e. The summed E-state index contributed by atoms with van der Waals surface area (Å²) in [5.41, 5.74) is 0. The van der Waals surface area contributed by atoms with E-state index >= 15 is 0 Å². The number of hydrogen-bond acceptors (Lipinski definition) is 3. The topological polar surface area (TPSA) is 43.8 Å². The summed E-state index contributed by atoms with van der Waals surface area (Å²) in [5.74, 6) is -0.680. The third-order valence-electron chi connectivity index (χ3n) is 4.16. The predicted molar refractivity (Wildman–Crippen MR) is 67.1 cm³/mol. The van der Waals surface area contributed by atoms with E-state index in [1.807, 2.05) is 0 Å². The molecule has 4 heteroatoms. The van der Waals surface area contributed by atoms with Crippen molar-refractivity contribution < 1.29 is 9.90 Å². The molecule has 0 radical (unpaired) electrons. The van der Waals surface area contributed by atoms with Gasteiger partial charge in [0.15, 0.2) is 0 Å². The number of likely N-dealkylation sites (tertiary alicyclic amines) is 1. The maximum atomic E-state index is 10.6. The number of fused-ring (bicyclic) bond motifs is 2. The first kappa shape index (κ1) is 12.8. The molecule has 98 valence electrons. The Labute approximate surface area is 104 Å². The summed E-state index contributed by atoms with van der Waals surface area (Å²) in [6, 6.07) is 2.00. The van der Waals surface area contributed by atoms with Crippen LogP contribution in [-0.4, -0.2) is 58.6 Å². The first-order valence-electron chi connectivity index (χ1n) is 6.79. The van der Waals surface area contributed by atoms with Gasteiger partial charge in [0.2, 0.25) is 0 Å². The third kappa shape index (κ3) is 2.99. The molecule has 2 fully saturated rings. The van der Waals surface area contributed by atoms with Crippen LogP contribution in [-0.2, 0) is 4.79 Å². The molecule has 0 spiro atoms. The van der Waals surface area contributed by atoms with Gasteiger partial charge in [-0.3, -0.25) is 9.69 Å². The largest absolute Gasteiger partial charge is 0.481 e. The van der Waals surface area contributed by atoms with Crippen molar-refractivity contribution in [1.82, 2.24) is 9.80 Å². The normalized spacial score (nSPS) is 30.8. The fraction of sp³-hybridized carbons (Fsp3) is 0.923. The Morgan fingerprint density at radius 3 is 2.65 bits per heavy atom. The van der Waals surface area contributed by atoms with E-state index in [2.05, 4.69) is 23.6 Å². The molecule has 2 rings (SSSR count). The van der Waals surface area contributed by atoms with E-state index in [4.69, 9.17) is 5.11 Å². The Kier molecular flexibility index (Phi) is 4.05. The highest BCUT2D eigenvalue weighted by molar-refractivity contribution is 5.66. The van der Waals surface area contributed by atoms with Gasteiger partial charge in [0, 0.05) is 31.2 Å². The highest BCUT2D eigenvalue weighted by atomic mass is 16.4. The van der Waals surface area contributed by atoms with E-state index in [0.717, 1.165) is 19.1 Å². The summed E-state index contributed by atoms with van der Waals surface area (Å²) < 4.78 is 0. The SMILES string of the molecule is CC(C)N1C2CCC1CN(CCC(=O)O)CC2. The molecule has 17 heavy (non-hydrogen) atoms. The second-order valence-corrected chi connectivity index (χ2v) is 5.66. The molecular formula is C13H24N2O2. The molecule has 0 aliphatic carbocycles. The van der Waals surface area contributed by atoms with Crippen molar-refractivity contribution in [3.05, 3.63) is 0 Å². The van der Waals surface area contributed by atoms with Gasteiger partial charge in [0.05, 0.1) is 6.42 Å². The first-order valence-corrected chi connectivity index (χ1v) is 6.79. The van der Waals surface area contributed by atoms with Crippen molar-refractivity contribution in [3.63, 3.8) is 0 Å². The van der Waals surface area contributed by atoms with E-state index in [1.165, 1.54) is 19.3 Å². The van der Waals surface area contributed by atoms with E-state index < -0.39 is 5.97 Å². The minimum absolute atomic E-state index is 0.277. The summed E-state index contributed by atoms with van der Waals surface area (Å²) in [5, 5.41) is 8.75. The van der Waals surface area contributed by atoms with Crippen molar-refractivity contribution in [3.8, 4) is 0 Å². The van der Waals surface area contributed by atoms with E-state index in [0.29, 0.717) is 18.6 Å². The van der Waals surface area contributed by atoms with Gasteiger partial charge in [-0.2, -0.15) is 0 Å². The molecule has 0 aromatic carbocycles. The summed E-state index contributed by atoms with van der Waals surface area (Å²) in [4.78, 5) is 15.6. The van der Waals surface area contributed by atoms with E-state index in [-0.39, 0.29) is 6.42 Å². The summed E-state index contributed by atoms with van der Waals surface area (Å²) in [7, 11) is 0. The van der Waals surface area contributed by atoms with Gasteiger partial charge >= 0.3 is 5.97 Å². The highest BCUT2D eigenvalue weighted by Crippen LogP contribution is 2.31. The van der Waals surface area contributed by atoms with Crippen molar-refractivity contribution in [2.45, 2.75) is 57.7 Å². The van der Waals surface area contributed by atoms with Crippen LogP contribution in [0.1, 0.15) is 39.5 Å². The number of carbonyl (C=O) groups is 1. The van der Waals surface area contributed by atoms with Gasteiger partial charge in [-0.15, -0.1) is 0 Å². The van der Waals surface area contributed by atoms with E-state index in [9.17, 15) is 4.79 Å². The van der Waals surface area contributed by atoms with Crippen LogP contribution < -0.4 is 0 Å². The average molecular weight is 240 g/mol. The molecule has 2 saturated heterocycles. The van der Waals surface area contributed by atoms with Crippen LogP contribution in [0.4, 0.5) is 0 Å². The Hall–Kier alpha value is -0.610. The first-order chi connectivity index (χ1) is 8.08. The predicted octanol–water partition coefficient (Wildman–Crippen LogP) is 1.41. The quantitative estimate of drug-likeness (QED) is 0.807. The van der Waals surface area contributed by atoms with Crippen molar-refractivity contribution in [1.29, 1.82) is 0 Å². The number of aliphatic carboxylic acids is 1. The van der Waals surface area contributed by atoms with Gasteiger partial charge in [-0.05, 0) is 39.7 Å². The molecule has 0 aromatic heterocycles. The zero-order valence-corrected chi connectivity index (χ0v) is 10.9. The molecule has 4 nitrogen and oxygen atoms in total. The van der Waals surface area contributed by atoms with Crippen LogP contribution in [0.15, 0.2) is 0 Å². The lowest BCUT2D eigenvalue weighted by Crippen LogP contribution is -2.43. The number of hydrogen-bond donors (Lipinski definition) is 1. The molecule has 1 N–H and O–H groups in total. The van der Waals surface area contributed by atoms with Crippen LogP contribution in [0, 0.1) is 0 Å². The van der Waals surface area contributed by atoms with Crippen LogP contribution in [0.2, 0.25) is 0 Å². The lowest BCUT2D eigenvalue weighted by molar-refractivity contribution is -0.137. The minimum atomic E-state index is -0.680. The highest BCUT2D eigenvalue weighted by Gasteiger charge is 2.38. The lowest BCUT2D eigenvalue weighted by Gasteiger charge is -2.32. The molecule has 2 heterocycles. The Morgan fingerprint density at radius 2 is 2.00 bits per heavy atom. The maximum absolute atomic E-state index is 10.6. The Morgan fingerprint density at radius 1 is 1.29 bits per heavy atom.